The van der Waals surface area contributed by atoms with Crippen molar-refractivity contribution >= 4 is 22.5 Å². The zero-order valence-electron chi connectivity index (χ0n) is 15.7. The number of ether oxygens (including phenoxy) is 3. The van der Waals surface area contributed by atoms with Crippen molar-refractivity contribution < 1.29 is 14.2 Å². The Labute approximate surface area is 164 Å². The van der Waals surface area contributed by atoms with E-state index in [1.807, 2.05) is 12.1 Å². The second-order valence-corrected chi connectivity index (χ2v) is 7.83. The van der Waals surface area contributed by atoms with Gasteiger partial charge < -0.3 is 19.1 Å². The van der Waals surface area contributed by atoms with Gasteiger partial charge in [-0.1, -0.05) is 11.6 Å². The zero-order valence-corrected chi connectivity index (χ0v) is 16.5. The van der Waals surface area contributed by atoms with Crippen LogP contribution in [0.1, 0.15) is 25.7 Å². The van der Waals surface area contributed by atoms with Crippen molar-refractivity contribution in [2.75, 3.05) is 40.0 Å². The SMILES string of the molecule is CN1CCC(COc2cc(OC3CCOCC3)c3c(Cl)ncnc3c2)CC1. The van der Waals surface area contributed by atoms with E-state index in [-0.39, 0.29) is 6.10 Å². The molecule has 0 amide bonds. The molecule has 2 fully saturated rings. The molecular formula is C20H26ClN3O3. The van der Waals surface area contributed by atoms with Crippen molar-refractivity contribution in [1.82, 2.24) is 14.9 Å². The average Bonchev–Trinajstić information content (AvgIpc) is 2.68. The fourth-order valence-corrected chi connectivity index (χ4v) is 3.92. The Morgan fingerprint density at radius 3 is 2.70 bits per heavy atom. The first-order chi connectivity index (χ1) is 13.2. The van der Waals surface area contributed by atoms with E-state index < -0.39 is 0 Å². The highest BCUT2D eigenvalue weighted by molar-refractivity contribution is 6.34. The predicted molar refractivity (Wildman–Crippen MR) is 105 cm³/mol. The first-order valence-electron chi connectivity index (χ1n) is 9.69. The molecule has 0 bridgehead atoms. The van der Waals surface area contributed by atoms with Gasteiger partial charge in [-0.25, -0.2) is 9.97 Å². The summed E-state index contributed by atoms with van der Waals surface area (Å²) in [5.74, 6) is 2.06. The topological polar surface area (TPSA) is 56.7 Å². The maximum absolute atomic E-state index is 6.34. The smallest absolute Gasteiger partial charge is 0.144 e. The molecule has 0 saturated carbocycles. The van der Waals surface area contributed by atoms with Gasteiger partial charge in [0.2, 0.25) is 0 Å². The minimum Gasteiger partial charge on any atom is -0.493 e. The molecule has 2 aromatic rings. The summed E-state index contributed by atoms with van der Waals surface area (Å²) in [6.07, 6.45) is 5.67. The Balaban J connectivity index is 1.54. The van der Waals surface area contributed by atoms with Gasteiger partial charge in [-0.05, 0) is 38.9 Å². The third-order valence-electron chi connectivity index (χ3n) is 5.41. The van der Waals surface area contributed by atoms with Gasteiger partial charge in [0.25, 0.3) is 0 Å². The van der Waals surface area contributed by atoms with Crippen LogP contribution in [0.5, 0.6) is 11.5 Å². The Bertz CT molecular complexity index is 774. The molecule has 2 aliphatic heterocycles. The Morgan fingerprint density at radius 1 is 1.15 bits per heavy atom. The van der Waals surface area contributed by atoms with Crippen LogP contribution in [0.3, 0.4) is 0 Å². The summed E-state index contributed by atoms with van der Waals surface area (Å²) in [6.45, 7) is 4.42. The minimum absolute atomic E-state index is 0.113. The van der Waals surface area contributed by atoms with Crippen LogP contribution in [0.25, 0.3) is 10.9 Å². The number of aromatic nitrogens is 2. The van der Waals surface area contributed by atoms with Crippen molar-refractivity contribution in [1.29, 1.82) is 0 Å². The molecule has 1 aromatic carbocycles. The number of piperidine rings is 1. The van der Waals surface area contributed by atoms with E-state index >= 15 is 0 Å². The van der Waals surface area contributed by atoms with Gasteiger partial charge in [-0.3, -0.25) is 0 Å². The number of halogens is 1. The molecule has 2 aliphatic rings. The van der Waals surface area contributed by atoms with E-state index in [2.05, 4.69) is 21.9 Å². The summed E-state index contributed by atoms with van der Waals surface area (Å²) >= 11 is 6.34. The monoisotopic (exact) mass is 391 g/mol. The quantitative estimate of drug-likeness (QED) is 0.726. The highest BCUT2D eigenvalue weighted by Gasteiger charge is 2.21. The van der Waals surface area contributed by atoms with Crippen LogP contribution >= 0.6 is 11.6 Å². The largest absolute Gasteiger partial charge is 0.493 e. The molecule has 7 heteroatoms. The van der Waals surface area contributed by atoms with Gasteiger partial charge in [0.1, 0.15) is 29.1 Å². The lowest BCUT2D eigenvalue weighted by molar-refractivity contribution is 0.0261. The molecule has 146 valence electrons. The zero-order chi connectivity index (χ0) is 18.6. The van der Waals surface area contributed by atoms with Crippen LogP contribution in [0, 0.1) is 5.92 Å². The normalized spacial score (nSPS) is 20.1. The van der Waals surface area contributed by atoms with E-state index in [1.165, 1.54) is 19.2 Å². The molecule has 1 aromatic heterocycles. The maximum atomic E-state index is 6.34. The van der Waals surface area contributed by atoms with Gasteiger partial charge in [0, 0.05) is 25.0 Å². The molecule has 3 heterocycles. The molecule has 0 atom stereocenters. The summed E-state index contributed by atoms with van der Waals surface area (Å²) in [6, 6.07) is 3.86. The number of hydrogen-bond acceptors (Lipinski definition) is 6. The van der Waals surface area contributed by atoms with Crippen LogP contribution in [0.15, 0.2) is 18.5 Å². The number of fused-ring (bicyclic) bond motifs is 1. The first-order valence-corrected chi connectivity index (χ1v) is 10.1. The molecule has 0 radical (unpaired) electrons. The molecule has 27 heavy (non-hydrogen) atoms. The second kappa shape index (κ2) is 8.59. The van der Waals surface area contributed by atoms with Crippen LogP contribution in [0.4, 0.5) is 0 Å². The van der Waals surface area contributed by atoms with Crippen molar-refractivity contribution in [3.63, 3.8) is 0 Å². The van der Waals surface area contributed by atoms with Gasteiger partial charge in [-0.15, -0.1) is 0 Å². The molecular weight excluding hydrogens is 366 g/mol. The van der Waals surface area contributed by atoms with Crippen molar-refractivity contribution in [2.45, 2.75) is 31.8 Å². The Hall–Kier alpha value is -1.63. The summed E-state index contributed by atoms with van der Waals surface area (Å²) in [4.78, 5) is 10.9. The van der Waals surface area contributed by atoms with Gasteiger partial charge in [0.05, 0.1) is 30.7 Å². The number of nitrogens with zero attached hydrogens (tertiary/aromatic N) is 3. The Morgan fingerprint density at radius 2 is 1.93 bits per heavy atom. The standard InChI is InChI=1S/C20H26ClN3O3/c1-24-6-2-14(3-7-24)12-26-16-10-17-19(20(21)23-13-22-17)18(11-16)27-15-4-8-25-9-5-15/h10-11,13-15H,2-9,12H2,1H3. The van der Waals surface area contributed by atoms with E-state index in [4.69, 9.17) is 25.8 Å². The molecule has 0 spiro atoms. The molecule has 0 aliphatic carbocycles. The minimum atomic E-state index is 0.113. The third-order valence-corrected chi connectivity index (χ3v) is 5.70. The van der Waals surface area contributed by atoms with Gasteiger partial charge >= 0.3 is 0 Å². The summed E-state index contributed by atoms with van der Waals surface area (Å²) in [5, 5.41) is 1.15. The van der Waals surface area contributed by atoms with E-state index in [1.54, 1.807) is 0 Å². The highest BCUT2D eigenvalue weighted by Crippen LogP contribution is 2.35. The van der Waals surface area contributed by atoms with E-state index in [0.29, 0.717) is 16.8 Å². The Kier molecular flexibility index (Phi) is 5.95. The van der Waals surface area contributed by atoms with Crippen molar-refractivity contribution in [3.8, 4) is 11.5 Å². The fraction of sp³-hybridized carbons (Fsp3) is 0.600. The first kappa shape index (κ1) is 18.7. The molecule has 4 rings (SSSR count). The van der Waals surface area contributed by atoms with Crippen LogP contribution < -0.4 is 9.47 Å². The van der Waals surface area contributed by atoms with E-state index in [0.717, 1.165) is 62.4 Å². The average molecular weight is 392 g/mol. The molecule has 0 N–H and O–H groups in total. The molecule has 0 unspecified atom stereocenters. The lowest BCUT2D eigenvalue weighted by Crippen LogP contribution is -2.32. The third kappa shape index (κ3) is 4.62. The highest BCUT2D eigenvalue weighted by atomic mass is 35.5. The van der Waals surface area contributed by atoms with Crippen LogP contribution in [-0.4, -0.2) is 60.9 Å². The van der Waals surface area contributed by atoms with Gasteiger partial charge in [0.15, 0.2) is 0 Å². The second-order valence-electron chi connectivity index (χ2n) is 7.47. The lowest BCUT2D eigenvalue weighted by atomic mass is 9.98. The van der Waals surface area contributed by atoms with Crippen LogP contribution in [0.2, 0.25) is 5.15 Å². The molecule has 2 saturated heterocycles. The number of hydrogen-bond donors (Lipinski definition) is 0. The number of benzene rings is 1. The maximum Gasteiger partial charge on any atom is 0.144 e. The van der Waals surface area contributed by atoms with E-state index in [9.17, 15) is 0 Å². The summed E-state index contributed by atoms with van der Waals surface area (Å²) in [7, 11) is 2.17. The summed E-state index contributed by atoms with van der Waals surface area (Å²) < 4.78 is 17.8. The van der Waals surface area contributed by atoms with Crippen molar-refractivity contribution in [3.05, 3.63) is 23.6 Å². The molecule has 6 nitrogen and oxygen atoms in total. The predicted octanol–water partition coefficient (Wildman–Crippen LogP) is 3.56. The number of likely N-dealkylation sites (tertiary alicyclic amines) is 1. The fourth-order valence-electron chi connectivity index (χ4n) is 3.68. The number of rotatable bonds is 5. The lowest BCUT2D eigenvalue weighted by Gasteiger charge is -2.29. The van der Waals surface area contributed by atoms with Crippen molar-refractivity contribution in [2.24, 2.45) is 5.92 Å². The van der Waals surface area contributed by atoms with Crippen LogP contribution in [-0.2, 0) is 4.74 Å². The summed E-state index contributed by atoms with van der Waals surface area (Å²) in [5.41, 5.74) is 0.748. The van der Waals surface area contributed by atoms with Gasteiger partial charge in [-0.2, -0.15) is 0 Å².